The summed E-state index contributed by atoms with van der Waals surface area (Å²) in [7, 11) is 3.29. The van der Waals surface area contributed by atoms with Gasteiger partial charge >= 0.3 is 0 Å². The van der Waals surface area contributed by atoms with Crippen molar-refractivity contribution in [3.8, 4) is 0 Å². The number of amides is 1. The van der Waals surface area contributed by atoms with Gasteiger partial charge in [-0.3, -0.25) is 9.79 Å². The zero-order valence-electron chi connectivity index (χ0n) is 10.9. The summed E-state index contributed by atoms with van der Waals surface area (Å²) in [6, 6.07) is 0. The fraction of sp³-hybridized carbons (Fsp3) is 0.667. The van der Waals surface area contributed by atoms with Gasteiger partial charge in [-0.15, -0.1) is 16.9 Å². The molecule has 1 atom stereocenters. The van der Waals surface area contributed by atoms with Gasteiger partial charge in [0.05, 0.1) is 11.1 Å². The highest BCUT2D eigenvalue weighted by atomic mass is 32.2. The van der Waals surface area contributed by atoms with Crippen LogP contribution in [0.4, 0.5) is 4.48 Å². The van der Waals surface area contributed by atoms with Crippen molar-refractivity contribution in [2.45, 2.75) is 31.1 Å². The Morgan fingerprint density at radius 2 is 2.50 bits per heavy atom. The lowest BCUT2D eigenvalue weighted by atomic mass is 9.99. The van der Waals surface area contributed by atoms with Crippen LogP contribution in [0.1, 0.15) is 25.7 Å². The largest absolute Gasteiger partial charge is 0.305 e. The normalized spacial score (nSPS) is 17.6. The first-order valence-corrected chi connectivity index (χ1v) is 7.11. The molecule has 1 unspecified atom stereocenters. The van der Waals surface area contributed by atoms with Crippen LogP contribution in [0.15, 0.2) is 16.6 Å². The van der Waals surface area contributed by atoms with E-state index >= 15 is 0 Å². The number of carbonyl (C=O) groups excluding carboxylic acids is 1. The molecule has 0 saturated carbocycles. The van der Waals surface area contributed by atoms with Crippen molar-refractivity contribution >= 4 is 24.0 Å². The summed E-state index contributed by atoms with van der Waals surface area (Å²) in [5, 5.41) is 3.30. The Labute approximate surface area is 112 Å². The highest BCUT2D eigenvalue weighted by molar-refractivity contribution is 8.00. The number of nitrogens with one attached hydrogen (secondary N) is 1. The molecule has 1 N–H and O–H groups in total. The number of likely N-dealkylation sites (N-methyl/N-ethyl adjacent to an activating group) is 1. The molecule has 0 aliphatic heterocycles. The van der Waals surface area contributed by atoms with Crippen LogP contribution in [0.3, 0.4) is 0 Å². The van der Waals surface area contributed by atoms with Crippen LogP contribution in [0.2, 0.25) is 0 Å². The van der Waals surface area contributed by atoms with Gasteiger partial charge in [0.25, 0.3) is 5.91 Å². The monoisotopic (exact) mass is 273 g/mol. The molecule has 0 bridgehead atoms. The van der Waals surface area contributed by atoms with E-state index in [0.717, 1.165) is 19.2 Å². The molecule has 0 radical (unpaired) electrons. The van der Waals surface area contributed by atoms with Crippen LogP contribution in [0.25, 0.3) is 0 Å². The molecule has 0 saturated heterocycles. The maximum absolute atomic E-state index is 13.1. The highest BCUT2D eigenvalue weighted by Crippen LogP contribution is 2.26. The average molecular weight is 273 g/mol. The van der Waals surface area contributed by atoms with Gasteiger partial charge in [-0.2, -0.15) is 0 Å². The second-order valence-electron chi connectivity index (χ2n) is 4.08. The van der Waals surface area contributed by atoms with Gasteiger partial charge in [0.15, 0.2) is 0 Å². The molecule has 0 aromatic carbocycles. The predicted octanol–water partition coefficient (Wildman–Crippen LogP) is 2.14. The van der Waals surface area contributed by atoms with Crippen LogP contribution in [0.5, 0.6) is 0 Å². The van der Waals surface area contributed by atoms with Crippen molar-refractivity contribution in [2.75, 3.05) is 19.8 Å². The van der Waals surface area contributed by atoms with Crippen molar-refractivity contribution in [3.05, 3.63) is 11.6 Å². The zero-order valence-corrected chi connectivity index (χ0v) is 11.7. The Morgan fingerprint density at radius 1 is 1.72 bits per heavy atom. The number of rotatable bonds is 6. The number of allylic oxidation sites excluding steroid dienone is 1. The molecule has 1 aliphatic rings. The summed E-state index contributed by atoms with van der Waals surface area (Å²) in [6.45, 7) is 0. The molecule has 0 aromatic heterocycles. The predicted molar refractivity (Wildman–Crippen MR) is 74.2 cm³/mol. The minimum atomic E-state index is -0.581. The highest BCUT2D eigenvalue weighted by Gasteiger charge is 2.18. The third-order valence-corrected chi connectivity index (χ3v) is 4.04. The van der Waals surface area contributed by atoms with E-state index in [0.29, 0.717) is 0 Å². The molecule has 4 nitrogen and oxygen atoms in total. The van der Waals surface area contributed by atoms with E-state index in [9.17, 15) is 9.28 Å². The molecule has 0 fully saturated rings. The van der Waals surface area contributed by atoms with E-state index in [4.69, 9.17) is 0 Å². The summed E-state index contributed by atoms with van der Waals surface area (Å²) in [5.74, 6) is -0.479. The third-order valence-electron chi connectivity index (χ3n) is 2.75. The molecule has 1 aliphatic carbocycles. The number of hydrogen-bond acceptors (Lipinski definition) is 4. The maximum Gasteiger partial charge on any atom is 0.265 e. The van der Waals surface area contributed by atoms with E-state index in [1.54, 1.807) is 0 Å². The third kappa shape index (κ3) is 4.78. The van der Waals surface area contributed by atoms with Crippen molar-refractivity contribution in [3.63, 3.8) is 0 Å². The Kier molecular flexibility index (Phi) is 6.97. The molecular weight excluding hydrogens is 253 g/mol. The van der Waals surface area contributed by atoms with E-state index in [1.807, 2.05) is 7.05 Å². The fourth-order valence-corrected chi connectivity index (χ4v) is 2.89. The average Bonchev–Trinajstić information content (AvgIpc) is 2.40. The van der Waals surface area contributed by atoms with Gasteiger partial charge in [-0.1, -0.05) is 10.6 Å². The van der Waals surface area contributed by atoms with Gasteiger partial charge in [0.1, 0.15) is 6.34 Å². The first-order valence-electron chi connectivity index (χ1n) is 6.07. The van der Waals surface area contributed by atoms with Gasteiger partial charge in [0, 0.05) is 7.05 Å². The Bertz CT molecular complexity index is 333. The molecule has 0 spiro atoms. The zero-order chi connectivity index (χ0) is 13.4. The molecule has 0 aromatic rings. The number of hydrogen-bond donors (Lipinski definition) is 1. The number of halogens is 1. The summed E-state index contributed by atoms with van der Waals surface area (Å²) < 4.78 is 13.1. The van der Waals surface area contributed by atoms with Crippen molar-refractivity contribution in [2.24, 2.45) is 4.99 Å². The Balaban J connectivity index is 2.44. The summed E-state index contributed by atoms with van der Waals surface area (Å²) in [5.41, 5.74) is 1.32. The standard InChI is InChI=1S/C12H20FN3OS/c1-14-9-16(13)11(17)8-18-12(15-2)10-6-4-3-5-7-10/h6,9,12,15H,3-5,7-8H2,1-2H3. The number of aliphatic imine (C=N–C) groups is 1. The van der Waals surface area contributed by atoms with Crippen molar-refractivity contribution in [1.29, 1.82) is 0 Å². The van der Waals surface area contributed by atoms with Gasteiger partial charge in [-0.25, -0.2) is 0 Å². The van der Waals surface area contributed by atoms with Gasteiger partial charge < -0.3 is 5.32 Å². The van der Waals surface area contributed by atoms with Crippen LogP contribution in [-0.2, 0) is 4.79 Å². The van der Waals surface area contributed by atoms with E-state index in [1.165, 1.54) is 37.2 Å². The van der Waals surface area contributed by atoms with Crippen molar-refractivity contribution in [1.82, 2.24) is 10.4 Å². The SMILES string of the molecule is CN=CN(F)C(=O)CSC(NC)C1=CCCCC1. The molecule has 102 valence electrons. The smallest absolute Gasteiger partial charge is 0.265 e. The lowest BCUT2D eigenvalue weighted by molar-refractivity contribution is -0.134. The van der Waals surface area contributed by atoms with E-state index in [-0.39, 0.29) is 16.2 Å². The lowest BCUT2D eigenvalue weighted by Crippen LogP contribution is -2.29. The van der Waals surface area contributed by atoms with E-state index in [2.05, 4.69) is 16.4 Å². The number of thioether (sulfide) groups is 1. The fourth-order valence-electron chi connectivity index (χ4n) is 1.86. The summed E-state index contributed by atoms with van der Waals surface area (Å²) >= 11 is 1.42. The molecule has 1 rings (SSSR count). The molecule has 18 heavy (non-hydrogen) atoms. The van der Waals surface area contributed by atoms with Gasteiger partial charge in [-0.05, 0) is 38.3 Å². The number of nitrogens with zero attached hydrogens (tertiary/aromatic N) is 2. The van der Waals surface area contributed by atoms with Crippen molar-refractivity contribution < 1.29 is 9.28 Å². The van der Waals surface area contributed by atoms with Crippen LogP contribution >= 0.6 is 11.8 Å². The minimum absolute atomic E-state index is 0.0367. The van der Waals surface area contributed by atoms with Crippen LogP contribution in [0, 0.1) is 0 Å². The topological polar surface area (TPSA) is 44.7 Å². The minimum Gasteiger partial charge on any atom is -0.305 e. The Hall–Kier alpha value is -0.880. The Morgan fingerprint density at radius 3 is 3.06 bits per heavy atom. The van der Waals surface area contributed by atoms with Crippen LogP contribution in [-0.4, -0.2) is 42.6 Å². The summed E-state index contributed by atoms with van der Waals surface area (Å²) in [4.78, 5) is 14.9. The van der Waals surface area contributed by atoms with Crippen LogP contribution < -0.4 is 5.32 Å². The second-order valence-corrected chi connectivity index (χ2v) is 5.18. The lowest BCUT2D eigenvalue weighted by Gasteiger charge is -2.22. The molecule has 0 heterocycles. The van der Waals surface area contributed by atoms with Gasteiger partial charge in [0.2, 0.25) is 0 Å². The number of carbonyl (C=O) groups is 1. The molecule has 1 amide bonds. The quantitative estimate of drug-likeness (QED) is 0.265. The molecular formula is C12H20FN3OS. The van der Waals surface area contributed by atoms with E-state index < -0.39 is 5.91 Å². The first kappa shape index (κ1) is 15.2. The summed E-state index contributed by atoms with van der Waals surface area (Å²) in [6.07, 6.45) is 7.69. The maximum atomic E-state index is 13.1. The first-order chi connectivity index (χ1) is 8.69. The molecule has 6 heteroatoms. The second kappa shape index (κ2) is 8.26.